The number of imidazole rings is 1. The number of aryl methyl sites for hydroxylation is 1. The average molecular weight is 216 g/mol. The third-order valence-electron chi connectivity index (χ3n) is 2.00. The Kier molecular flexibility index (Phi) is 3.52. The molecule has 1 aromatic heterocycles. The van der Waals surface area contributed by atoms with Gasteiger partial charge in [-0.3, -0.25) is 4.79 Å². The number of aromatic nitrogens is 2. The van der Waals surface area contributed by atoms with E-state index in [9.17, 15) is 4.79 Å². The molecule has 5 heteroatoms. The molecule has 0 N–H and O–H groups in total. The van der Waals surface area contributed by atoms with Crippen LogP contribution in [0.5, 0.6) is 0 Å². The van der Waals surface area contributed by atoms with Gasteiger partial charge in [0.2, 0.25) is 5.91 Å². The van der Waals surface area contributed by atoms with Crippen LogP contribution in [-0.4, -0.2) is 34.5 Å². The van der Waals surface area contributed by atoms with Crippen LogP contribution in [0.25, 0.3) is 0 Å². The number of carbonyl (C=O) groups is 1. The summed E-state index contributed by atoms with van der Waals surface area (Å²) in [5, 5.41) is -0.646. The van der Waals surface area contributed by atoms with E-state index >= 15 is 0 Å². The standard InChI is InChI=1S/C9H14ClN3O/c1-4-13-6-11-5-7(13)8(10)9(14)12(2)3/h5-6,8H,4H2,1-3H3. The Morgan fingerprint density at radius 3 is 2.86 bits per heavy atom. The highest BCUT2D eigenvalue weighted by atomic mass is 35.5. The molecule has 0 bridgehead atoms. The minimum absolute atomic E-state index is 0.123. The van der Waals surface area contributed by atoms with Gasteiger partial charge in [0.15, 0.2) is 5.38 Å². The summed E-state index contributed by atoms with van der Waals surface area (Å²) >= 11 is 6.02. The SMILES string of the molecule is CCn1cncc1C(Cl)C(=O)N(C)C. The molecule has 1 unspecified atom stereocenters. The summed E-state index contributed by atoms with van der Waals surface area (Å²) in [5.41, 5.74) is 0.743. The first-order valence-electron chi connectivity index (χ1n) is 4.43. The van der Waals surface area contributed by atoms with E-state index < -0.39 is 5.38 Å². The van der Waals surface area contributed by atoms with Gasteiger partial charge in [-0.05, 0) is 6.92 Å². The smallest absolute Gasteiger partial charge is 0.246 e. The van der Waals surface area contributed by atoms with Gasteiger partial charge in [-0.2, -0.15) is 0 Å². The Hall–Kier alpha value is -1.03. The molecule has 0 fully saturated rings. The monoisotopic (exact) mass is 215 g/mol. The number of hydrogen-bond donors (Lipinski definition) is 0. The number of amides is 1. The van der Waals surface area contributed by atoms with E-state index in [1.54, 1.807) is 26.6 Å². The molecular formula is C9H14ClN3O. The lowest BCUT2D eigenvalue weighted by Gasteiger charge is -2.15. The van der Waals surface area contributed by atoms with Crippen molar-refractivity contribution in [3.05, 3.63) is 18.2 Å². The lowest BCUT2D eigenvalue weighted by Crippen LogP contribution is -2.26. The summed E-state index contributed by atoms with van der Waals surface area (Å²) in [6.45, 7) is 2.74. The molecule has 0 aliphatic heterocycles. The van der Waals surface area contributed by atoms with Gasteiger partial charge in [-0.1, -0.05) is 0 Å². The first kappa shape index (κ1) is 11.0. The van der Waals surface area contributed by atoms with Gasteiger partial charge in [0.25, 0.3) is 0 Å². The van der Waals surface area contributed by atoms with E-state index in [1.807, 2.05) is 11.5 Å². The van der Waals surface area contributed by atoms with Crippen molar-refractivity contribution in [3.8, 4) is 0 Å². The number of halogens is 1. The van der Waals surface area contributed by atoms with Crippen molar-refractivity contribution in [2.45, 2.75) is 18.8 Å². The van der Waals surface area contributed by atoms with Crippen molar-refractivity contribution in [1.29, 1.82) is 0 Å². The molecule has 0 aliphatic rings. The van der Waals surface area contributed by atoms with Crippen molar-refractivity contribution in [2.24, 2.45) is 0 Å². The summed E-state index contributed by atoms with van der Waals surface area (Å²) in [7, 11) is 3.37. The largest absolute Gasteiger partial charge is 0.347 e. The van der Waals surface area contributed by atoms with Gasteiger partial charge in [0.1, 0.15) is 0 Å². The normalized spacial score (nSPS) is 12.6. The maximum absolute atomic E-state index is 11.6. The number of likely N-dealkylation sites (N-methyl/N-ethyl adjacent to an activating group) is 1. The molecule has 0 radical (unpaired) electrons. The fraction of sp³-hybridized carbons (Fsp3) is 0.556. The molecule has 1 rings (SSSR count). The van der Waals surface area contributed by atoms with Crippen molar-refractivity contribution < 1.29 is 4.79 Å². The molecule has 0 aliphatic carbocycles. The summed E-state index contributed by atoms with van der Waals surface area (Å²) in [6.07, 6.45) is 3.30. The van der Waals surface area contributed by atoms with Crippen LogP contribution in [0.3, 0.4) is 0 Å². The maximum Gasteiger partial charge on any atom is 0.246 e. The fourth-order valence-electron chi connectivity index (χ4n) is 1.16. The quantitative estimate of drug-likeness (QED) is 0.713. The highest BCUT2D eigenvalue weighted by molar-refractivity contribution is 6.30. The topological polar surface area (TPSA) is 38.1 Å². The lowest BCUT2D eigenvalue weighted by molar-refractivity contribution is -0.128. The second-order valence-corrected chi connectivity index (χ2v) is 3.64. The van der Waals surface area contributed by atoms with Gasteiger partial charge >= 0.3 is 0 Å². The zero-order valence-electron chi connectivity index (χ0n) is 8.57. The van der Waals surface area contributed by atoms with Gasteiger partial charge in [-0.15, -0.1) is 11.6 Å². The van der Waals surface area contributed by atoms with Crippen LogP contribution >= 0.6 is 11.6 Å². The van der Waals surface area contributed by atoms with Crippen molar-refractivity contribution in [2.75, 3.05) is 14.1 Å². The Morgan fingerprint density at radius 2 is 2.36 bits per heavy atom. The first-order chi connectivity index (χ1) is 6.57. The van der Waals surface area contributed by atoms with Gasteiger partial charge in [-0.25, -0.2) is 4.98 Å². The number of hydrogen-bond acceptors (Lipinski definition) is 2. The molecule has 1 heterocycles. The van der Waals surface area contributed by atoms with Gasteiger partial charge in [0, 0.05) is 20.6 Å². The van der Waals surface area contributed by atoms with Crippen LogP contribution in [0, 0.1) is 0 Å². The van der Waals surface area contributed by atoms with Gasteiger partial charge in [0.05, 0.1) is 18.2 Å². The van der Waals surface area contributed by atoms with Crippen LogP contribution in [0.15, 0.2) is 12.5 Å². The van der Waals surface area contributed by atoms with Gasteiger partial charge < -0.3 is 9.47 Å². The van der Waals surface area contributed by atoms with E-state index in [-0.39, 0.29) is 5.91 Å². The highest BCUT2D eigenvalue weighted by Crippen LogP contribution is 2.21. The summed E-state index contributed by atoms with van der Waals surface area (Å²) < 4.78 is 1.86. The third kappa shape index (κ3) is 2.07. The Morgan fingerprint density at radius 1 is 1.71 bits per heavy atom. The number of nitrogens with zero attached hydrogens (tertiary/aromatic N) is 3. The molecular weight excluding hydrogens is 202 g/mol. The minimum Gasteiger partial charge on any atom is -0.347 e. The first-order valence-corrected chi connectivity index (χ1v) is 4.86. The highest BCUT2D eigenvalue weighted by Gasteiger charge is 2.22. The fourth-order valence-corrected chi connectivity index (χ4v) is 1.54. The molecule has 0 spiro atoms. The molecule has 4 nitrogen and oxygen atoms in total. The maximum atomic E-state index is 11.6. The summed E-state index contributed by atoms with van der Waals surface area (Å²) in [6, 6.07) is 0. The summed E-state index contributed by atoms with van der Waals surface area (Å²) in [4.78, 5) is 17.0. The molecule has 1 amide bonds. The van der Waals surface area contributed by atoms with Crippen LogP contribution in [-0.2, 0) is 11.3 Å². The van der Waals surface area contributed by atoms with Crippen molar-refractivity contribution >= 4 is 17.5 Å². The van der Waals surface area contributed by atoms with Crippen LogP contribution < -0.4 is 0 Å². The van der Waals surface area contributed by atoms with E-state index in [0.29, 0.717) is 0 Å². The van der Waals surface area contributed by atoms with Crippen molar-refractivity contribution in [3.63, 3.8) is 0 Å². The number of carbonyl (C=O) groups excluding carboxylic acids is 1. The van der Waals surface area contributed by atoms with E-state index in [2.05, 4.69) is 4.98 Å². The molecule has 0 aromatic carbocycles. The van der Waals surface area contributed by atoms with Crippen molar-refractivity contribution in [1.82, 2.24) is 14.5 Å². The average Bonchev–Trinajstić information content (AvgIpc) is 2.62. The predicted molar refractivity (Wildman–Crippen MR) is 55.2 cm³/mol. The Bertz CT molecular complexity index is 322. The van der Waals surface area contributed by atoms with E-state index in [0.717, 1.165) is 12.2 Å². The Balaban J connectivity index is 2.88. The molecule has 1 aromatic rings. The van der Waals surface area contributed by atoms with Crippen LogP contribution in [0.1, 0.15) is 18.0 Å². The molecule has 0 saturated carbocycles. The summed E-state index contributed by atoms with van der Waals surface area (Å²) in [5.74, 6) is -0.123. The molecule has 0 saturated heterocycles. The second kappa shape index (κ2) is 4.46. The minimum atomic E-state index is -0.646. The molecule has 78 valence electrons. The zero-order chi connectivity index (χ0) is 10.7. The van der Waals surface area contributed by atoms with Crippen LogP contribution in [0.2, 0.25) is 0 Å². The lowest BCUT2D eigenvalue weighted by atomic mass is 10.3. The number of rotatable bonds is 3. The molecule has 1 atom stereocenters. The predicted octanol–water partition coefficient (Wildman–Crippen LogP) is 1.27. The van der Waals surface area contributed by atoms with Crippen LogP contribution in [0.4, 0.5) is 0 Å². The number of alkyl halides is 1. The second-order valence-electron chi connectivity index (χ2n) is 3.20. The third-order valence-corrected chi connectivity index (χ3v) is 2.41. The van der Waals surface area contributed by atoms with E-state index in [1.165, 1.54) is 4.90 Å². The molecule has 14 heavy (non-hydrogen) atoms. The zero-order valence-corrected chi connectivity index (χ0v) is 9.32. The van der Waals surface area contributed by atoms with E-state index in [4.69, 9.17) is 11.6 Å². The Labute approximate surface area is 88.5 Å².